The van der Waals surface area contributed by atoms with Gasteiger partial charge in [-0.15, -0.1) is 0 Å². The average molecular weight is 608 g/mol. The van der Waals surface area contributed by atoms with E-state index >= 15 is 0 Å². The van der Waals surface area contributed by atoms with Gasteiger partial charge < -0.3 is 4.90 Å². The van der Waals surface area contributed by atoms with E-state index < -0.39 is 0 Å². The van der Waals surface area contributed by atoms with Crippen molar-refractivity contribution in [2.45, 2.75) is 57.9 Å². The topological polar surface area (TPSA) is 3.24 Å². The molecule has 0 radical (unpaired) electrons. The van der Waals surface area contributed by atoms with Crippen molar-refractivity contribution in [1.82, 2.24) is 0 Å². The van der Waals surface area contributed by atoms with E-state index in [0.29, 0.717) is 0 Å². The summed E-state index contributed by atoms with van der Waals surface area (Å²) in [6.07, 6.45) is 35.6. The highest BCUT2D eigenvalue weighted by Gasteiger charge is 2.30. The average Bonchev–Trinajstić information content (AvgIpc) is 3.51. The van der Waals surface area contributed by atoms with Crippen molar-refractivity contribution in [3.05, 3.63) is 167 Å². The molecule has 0 aliphatic heterocycles. The molecule has 0 aromatic heterocycles. The lowest BCUT2D eigenvalue weighted by molar-refractivity contribution is 0.520. The molecule has 0 fully saturated rings. The SMILES string of the molecule is CC1(C2=CCCC=C2)C=CC(N(c2ccc3c(c2)-c2cc(-c4ccc5c(c4)CCC=C5)c4ccccc4c2C3)C2C=CC=CC2)=CC1. The number of benzene rings is 4. The molecule has 4 aromatic carbocycles. The zero-order valence-corrected chi connectivity index (χ0v) is 27.3. The van der Waals surface area contributed by atoms with Gasteiger partial charge >= 0.3 is 0 Å². The number of anilines is 1. The lowest BCUT2D eigenvalue weighted by Crippen LogP contribution is -2.34. The molecule has 0 bridgehead atoms. The van der Waals surface area contributed by atoms with Crippen LogP contribution in [-0.2, 0) is 12.8 Å². The summed E-state index contributed by atoms with van der Waals surface area (Å²) in [6, 6.07) is 26.2. The summed E-state index contributed by atoms with van der Waals surface area (Å²) in [5.41, 5.74) is 15.2. The lowest BCUT2D eigenvalue weighted by atomic mass is 9.74. The van der Waals surface area contributed by atoms with Crippen molar-refractivity contribution in [2.75, 3.05) is 4.90 Å². The number of aryl methyl sites for hydroxylation is 1. The molecule has 0 spiro atoms. The van der Waals surface area contributed by atoms with Crippen LogP contribution in [0.3, 0.4) is 0 Å². The molecule has 47 heavy (non-hydrogen) atoms. The second-order valence-corrected chi connectivity index (χ2v) is 14.1. The van der Waals surface area contributed by atoms with Crippen LogP contribution in [0.2, 0.25) is 0 Å². The molecular weight excluding hydrogens is 567 g/mol. The van der Waals surface area contributed by atoms with E-state index in [2.05, 4.69) is 151 Å². The molecule has 2 unspecified atom stereocenters. The molecule has 0 heterocycles. The summed E-state index contributed by atoms with van der Waals surface area (Å²) in [4.78, 5) is 2.58. The van der Waals surface area contributed by atoms with Gasteiger partial charge in [-0.3, -0.25) is 0 Å². The van der Waals surface area contributed by atoms with Crippen molar-refractivity contribution in [3.8, 4) is 22.3 Å². The summed E-state index contributed by atoms with van der Waals surface area (Å²) >= 11 is 0. The number of fused-ring (bicyclic) bond motifs is 6. The van der Waals surface area contributed by atoms with E-state index in [0.717, 1.165) is 44.9 Å². The van der Waals surface area contributed by atoms with Gasteiger partial charge in [0.2, 0.25) is 0 Å². The summed E-state index contributed by atoms with van der Waals surface area (Å²) in [6.45, 7) is 2.39. The van der Waals surface area contributed by atoms with Gasteiger partial charge in [0.25, 0.3) is 0 Å². The zero-order valence-electron chi connectivity index (χ0n) is 27.3. The van der Waals surface area contributed by atoms with Crippen LogP contribution in [-0.4, -0.2) is 6.04 Å². The van der Waals surface area contributed by atoms with Gasteiger partial charge in [0, 0.05) is 16.8 Å². The zero-order chi connectivity index (χ0) is 31.4. The molecule has 230 valence electrons. The third kappa shape index (κ3) is 4.92. The lowest BCUT2D eigenvalue weighted by Gasteiger charge is -2.37. The standard InChI is InChI=1S/C46H41N/c1-46(36-14-4-2-5-15-36)26-24-38(25-27-46)47(37-16-6-3-7-17-37)39-23-22-35-29-44-41-19-11-10-18-40(41)43(31-45(44)42(35)30-39)34-21-20-32-12-8-9-13-33(32)28-34/h3-4,6-8,10-12,14-16,18-26,28,30-31,37H,2,5,9,13,17,27,29H2,1H3. The van der Waals surface area contributed by atoms with Gasteiger partial charge in [0.1, 0.15) is 0 Å². The van der Waals surface area contributed by atoms with Crippen LogP contribution in [0.25, 0.3) is 39.1 Å². The predicted octanol–water partition coefficient (Wildman–Crippen LogP) is 11.9. The molecule has 2 atom stereocenters. The molecule has 9 rings (SSSR count). The quantitative estimate of drug-likeness (QED) is 0.192. The van der Waals surface area contributed by atoms with Gasteiger partial charge in [0.15, 0.2) is 0 Å². The molecule has 0 saturated heterocycles. The van der Waals surface area contributed by atoms with E-state index in [1.54, 1.807) is 0 Å². The molecule has 1 nitrogen and oxygen atoms in total. The van der Waals surface area contributed by atoms with E-state index in [1.807, 2.05) is 0 Å². The largest absolute Gasteiger partial charge is 0.334 e. The van der Waals surface area contributed by atoms with Crippen molar-refractivity contribution in [3.63, 3.8) is 0 Å². The minimum absolute atomic E-state index is 0.0513. The number of nitrogens with zero attached hydrogens (tertiary/aromatic N) is 1. The van der Waals surface area contributed by atoms with Gasteiger partial charge in [-0.2, -0.15) is 0 Å². The van der Waals surface area contributed by atoms with Gasteiger partial charge in [-0.1, -0.05) is 122 Å². The number of hydrogen-bond donors (Lipinski definition) is 0. The monoisotopic (exact) mass is 607 g/mol. The Hall–Kier alpha value is -4.88. The van der Waals surface area contributed by atoms with Gasteiger partial charge in [0.05, 0.1) is 6.04 Å². The van der Waals surface area contributed by atoms with Crippen LogP contribution in [0.5, 0.6) is 0 Å². The van der Waals surface area contributed by atoms with E-state index in [1.165, 1.54) is 72.2 Å². The van der Waals surface area contributed by atoms with E-state index in [4.69, 9.17) is 0 Å². The highest BCUT2D eigenvalue weighted by Crippen LogP contribution is 2.47. The maximum absolute atomic E-state index is 2.58. The highest BCUT2D eigenvalue weighted by atomic mass is 15.2. The van der Waals surface area contributed by atoms with Crippen LogP contribution in [0.15, 0.2) is 145 Å². The minimum atomic E-state index is 0.0513. The van der Waals surface area contributed by atoms with Crippen LogP contribution in [0, 0.1) is 5.41 Å². The summed E-state index contributed by atoms with van der Waals surface area (Å²) in [5.74, 6) is 0. The Kier molecular flexibility index (Phi) is 6.89. The maximum atomic E-state index is 2.58. The first kappa shape index (κ1) is 28.4. The summed E-state index contributed by atoms with van der Waals surface area (Å²) in [5, 5.41) is 2.74. The Morgan fingerprint density at radius 3 is 2.47 bits per heavy atom. The summed E-state index contributed by atoms with van der Waals surface area (Å²) in [7, 11) is 0. The fourth-order valence-corrected chi connectivity index (χ4v) is 8.46. The maximum Gasteiger partial charge on any atom is 0.0559 e. The van der Waals surface area contributed by atoms with Crippen LogP contribution >= 0.6 is 0 Å². The number of hydrogen-bond acceptors (Lipinski definition) is 1. The molecule has 5 aliphatic rings. The molecule has 0 amide bonds. The molecular formula is C46H41N. The Balaban J connectivity index is 1.14. The highest BCUT2D eigenvalue weighted by molar-refractivity contribution is 6.05. The first-order valence-corrected chi connectivity index (χ1v) is 17.5. The van der Waals surface area contributed by atoms with Gasteiger partial charge in [-0.25, -0.2) is 0 Å². The number of allylic oxidation sites excluding steroid dienone is 10. The second-order valence-electron chi connectivity index (χ2n) is 14.1. The third-order valence-electron chi connectivity index (χ3n) is 11.1. The Morgan fingerprint density at radius 1 is 0.723 bits per heavy atom. The smallest absolute Gasteiger partial charge is 0.0559 e. The minimum Gasteiger partial charge on any atom is -0.334 e. The third-order valence-corrected chi connectivity index (χ3v) is 11.1. The molecule has 0 saturated carbocycles. The summed E-state index contributed by atoms with van der Waals surface area (Å²) < 4.78 is 0. The van der Waals surface area contributed by atoms with Crippen LogP contribution < -0.4 is 4.90 Å². The van der Waals surface area contributed by atoms with Crippen molar-refractivity contribution in [2.24, 2.45) is 5.41 Å². The Morgan fingerprint density at radius 2 is 1.64 bits per heavy atom. The van der Waals surface area contributed by atoms with Crippen molar-refractivity contribution in [1.29, 1.82) is 0 Å². The fraction of sp³-hybridized carbons (Fsp3) is 0.217. The molecule has 5 aliphatic carbocycles. The normalized spacial score (nSPS) is 22.1. The number of rotatable bonds is 5. The Labute approximate surface area is 279 Å². The van der Waals surface area contributed by atoms with Crippen molar-refractivity contribution >= 4 is 22.5 Å². The Bertz CT molecular complexity index is 2140. The molecule has 0 N–H and O–H groups in total. The first-order chi connectivity index (χ1) is 23.1. The first-order valence-electron chi connectivity index (χ1n) is 17.5. The van der Waals surface area contributed by atoms with Crippen LogP contribution in [0.4, 0.5) is 5.69 Å². The molecule has 1 heteroatoms. The van der Waals surface area contributed by atoms with Gasteiger partial charge in [-0.05, 0) is 130 Å². The van der Waals surface area contributed by atoms with E-state index in [9.17, 15) is 0 Å². The second kappa shape index (κ2) is 11.4. The van der Waals surface area contributed by atoms with Crippen molar-refractivity contribution < 1.29 is 0 Å². The van der Waals surface area contributed by atoms with E-state index in [-0.39, 0.29) is 11.5 Å². The predicted molar refractivity (Wildman–Crippen MR) is 201 cm³/mol. The fourth-order valence-electron chi connectivity index (χ4n) is 8.46. The molecule has 4 aromatic rings. The van der Waals surface area contributed by atoms with Crippen LogP contribution in [0.1, 0.15) is 61.3 Å².